The Labute approximate surface area is 112 Å². The maximum Gasteiger partial charge on any atom is 0.251 e. The van der Waals surface area contributed by atoms with Crippen molar-refractivity contribution in [3.63, 3.8) is 0 Å². The zero-order valence-electron chi connectivity index (χ0n) is 10.5. The van der Waals surface area contributed by atoms with Gasteiger partial charge in [0.05, 0.1) is 6.10 Å². The largest absolute Gasteiger partial charge is 0.393 e. The van der Waals surface area contributed by atoms with Crippen molar-refractivity contribution in [1.82, 2.24) is 10.3 Å². The van der Waals surface area contributed by atoms with Crippen LogP contribution in [0.4, 0.5) is 5.82 Å². The number of aliphatic hydroxyl groups excluding tert-OH is 1. The van der Waals surface area contributed by atoms with Crippen molar-refractivity contribution in [3.8, 4) is 0 Å². The van der Waals surface area contributed by atoms with Crippen molar-refractivity contribution in [1.29, 1.82) is 0 Å². The molecule has 5 nitrogen and oxygen atoms in total. The summed E-state index contributed by atoms with van der Waals surface area (Å²) in [5, 5.41) is 15.2. The van der Waals surface area contributed by atoms with E-state index in [9.17, 15) is 9.90 Å². The topological polar surface area (TPSA) is 74.2 Å². The number of anilines is 1. The van der Waals surface area contributed by atoms with Gasteiger partial charge in [0.1, 0.15) is 11.0 Å². The van der Waals surface area contributed by atoms with E-state index in [0.29, 0.717) is 30.8 Å². The molecule has 1 amide bonds. The van der Waals surface area contributed by atoms with Gasteiger partial charge >= 0.3 is 0 Å². The molecule has 0 aliphatic carbocycles. The molecule has 1 atom stereocenters. The van der Waals surface area contributed by atoms with Crippen LogP contribution in [0, 0.1) is 0 Å². The number of nitrogens with one attached hydrogen (secondary N) is 2. The first-order valence-corrected chi connectivity index (χ1v) is 6.26. The molecule has 0 aromatic carbocycles. The maximum atomic E-state index is 11.8. The average molecular weight is 272 g/mol. The molecule has 1 unspecified atom stereocenters. The standard InChI is InChI=1S/C12H18ClN3O2/c1-3-9(17)4-5-15-12(18)8-6-10(13)16-11(7-8)14-2/h6-7,9,17H,3-5H2,1-2H3,(H,14,16)(H,15,18). The van der Waals surface area contributed by atoms with E-state index in [0.717, 1.165) is 0 Å². The molecule has 3 N–H and O–H groups in total. The van der Waals surface area contributed by atoms with Crippen molar-refractivity contribution < 1.29 is 9.90 Å². The highest BCUT2D eigenvalue weighted by molar-refractivity contribution is 6.29. The summed E-state index contributed by atoms with van der Waals surface area (Å²) >= 11 is 5.81. The highest BCUT2D eigenvalue weighted by Gasteiger charge is 2.09. The smallest absolute Gasteiger partial charge is 0.251 e. The normalized spacial score (nSPS) is 12.0. The average Bonchev–Trinajstić information content (AvgIpc) is 2.37. The molecule has 0 saturated heterocycles. The Morgan fingerprint density at radius 2 is 2.28 bits per heavy atom. The molecule has 0 fully saturated rings. The fraction of sp³-hybridized carbons (Fsp3) is 0.500. The minimum atomic E-state index is -0.376. The molecule has 100 valence electrons. The third kappa shape index (κ3) is 4.50. The van der Waals surface area contributed by atoms with Gasteiger partial charge in [0.25, 0.3) is 5.91 Å². The third-order valence-corrected chi connectivity index (χ3v) is 2.74. The number of hydrogen-bond donors (Lipinski definition) is 3. The minimum Gasteiger partial charge on any atom is -0.393 e. The summed E-state index contributed by atoms with van der Waals surface area (Å²) in [5.41, 5.74) is 0.449. The van der Waals surface area contributed by atoms with E-state index in [-0.39, 0.29) is 17.2 Å². The second-order valence-corrected chi connectivity index (χ2v) is 4.31. The fourth-order valence-electron chi connectivity index (χ4n) is 1.41. The quantitative estimate of drug-likeness (QED) is 0.688. The predicted octanol–water partition coefficient (Wildman–Crippen LogP) is 1.67. The monoisotopic (exact) mass is 271 g/mol. The van der Waals surface area contributed by atoms with Crippen LogP contribution in [0.15, 0.2) is 12.1 Å². The predicted molar refractivity (Wildman–Crippen MR) is 72.0 cm³/mol. The molecule has 0 aliphatic rings. The van der Waals surface area contributed by atoms with Crippen molar-refractivity contribution in [2.45, 2.75) is 25.9 Å². The molecular formula is C12H18ClN3O2. The lowest BCUT2D eigenvalue weighted by molar-refractivity contribution is 0.0942. The van der Waals surface area contributed by atoms with Gasteiger partial charge in [-0.25, -0.2) is 4.98 Å². The van der Waals surface area contributed by atoms with E-state index in [2.05, 4.69) is 15.6 Å². The first kappa shape index (κ1) is 14.7. The van der Waals surface area contributed by atoms with Crippen LogP contribution in [0.5, 0.6) is 0 Å². The summed E-state index contributed by atoms with van der Waals surface area (Å²) < 4.78 is 0. The molecule has 1 rings (SSSR count). The number of aromatic nitrogens is 1. The number of hydrogen-bond acceptors (Lipinski definition) is 4. The Hall–Kier alpha value is -1.33. The van der Waals surface area contributed by atoms with E-state index in [1.54, 1.807) is 13.1 Å². The summed E-state index contributed by atoms with van der Waals surface area (Å²) in [6, 6.07) is 3.13. The van der Waals surface area contributed by atoms with Gasteiger partial charge < -0.3 is 15.7 Å². The Balaban J connectivity index is 2.58. The van der Waals surface area contributed by atoms with Crippen LogP contribution in [0.25, 0.3) is 0 Å². The molecule has 1 aromatic heterocycles. The van der Waals surface area contributed by atoms with E-state index >= 15 is 0 Å². The van der Waals surface area contributed by atoms with Crippen molar-refractivity contribution in [2.24, 2.45) is 0 Å². The van der Waals surface area contributed by atoms with Gasteiger partial charge in [0.15, 0.2) is 0 Å². The first-order chi connectivity index (χ1) is 8.56. The number of aliphatic hydroxyl groups is 1. The van der Waals surface area contributed by atoms with Crippen LogP contribution < -0.4 is 10.6 Å². The molecular weight excluding hydrogens is 254 g/mol. The Morgan fingerprint density at radius 1 is 1.56 bits per heavy atom. The van der Waals surface area contributed by atoms with E-state index in [1.165, 1.54) is 6.07 Å². The number of nitrogens with zero attached hydrogens (tertiary/aromatic N) is 1. The van der Waals surface area contributed by atoms with Crippen LogP contribution in [0.1, 0.15) is 30.1 Å². The molecule has 0 radical (unpaired) electrons. The van der Waals surface area contributed by atoms with Gasteiger partial charge in [0, 0.05) is 19.2 Å². The summed E-state index contributed by atoms with van der Waals surface area (Å²) in [4.78, 5) is 15.8. The number of pyridine rings is 1. The molecule has 1 heterocycles. The molecule has 18 heavy (non-hydrogen) atoms. The van der Waals surface area contributed by atoms with Crippen molar-refractivity contribution in [3.05, 3.63) is 22.8 Å². The molecule has 0 aliphatic heterocycles. The molecule has 0 bridgehead atoms. The second kappa shape index (κ2) is 7.18. The van der Waals surface area contributed by atoms with E-state index in [4.69, 9.17) is 11.6 Å². The second-order valence-electron chi connectivity index (χ2n) is 3.92. The van der Waals surface area contributed by atoms with Crippen molar-refractivity contribution >= 4 is 23.3 Å². The fourth-order valence-corrected chi connectivity index (χ4v) is 1.62. The van der Waals surface area contributed by atoms with Gasteiger partial charge in [0.2, 0.25) is 0 Å². The molecule has 6 heteroatoms. The zero-order valence-corrected chi connectivity index (χ0v) is 11.3. The Kier molecular flexibility index (Phi) is 5.88. The summed E-state index contributed by atoms with van der Waals surface area (Å²) in [7, 11) is 1.71. The Bertz CT molecular complexity index is 412. The highest BCUT2D eigenvalue weighted by Crippen LogP contribution is 2.14. The van der Waals surface area contributed by atoms with Gasteiger partial charge in [-0.3, -0.25) is 4.79 Å². The molecule has 1 aromatic rings. The Morgan fingerprint density at radius 3 is 2.89 bits per heavy atom. The van der Waals surface area contributed by atoms with Crippen molar-refractivity contribution in [2.75, 3.05) is 18.9 Å². The SMILES string of the molecule is CCC(O)CCNC(=O)c1cc(Cl)nc(NC)c1. The number of halogens is 1. The summed E-state index contributed by atoms with van der Waals surface area (Å²) in [6.07, 6.45) is 0.847. The first-order valence-electron chi connectivity index (χ1n) is 5.88. The lowest BCUT2D eigenvalue weighted by Crippen LogP contribution is -2.27. The van der Waals surface area contributed by atoms with Crippen LogP contribution in [0.3, 0.4) is 0 Å². The number of rotatable bonds is 6. The molecule has 0 spiro atoms. The van der Waals surface area contributed by atoms with Gasteiger partial charge in [-0.2, -0.15) is 0 Å². The van der Waals surface area contributed by atoms with E-state index in [1.807, 2.05) is 6.92 Å². The van der Waals surface area contributed by atoms with Crippen LogP contribution in [-0.4, -0.2) is 35.7 Å². The van der Waals surface area contributed by atoms with Gasteiger partial charge in [-0.05, 0) is 25.0 Å². The lowest BCUT2D eigenvalue weighted by atomic mass is 10.2. The number of carbonyl (C=O) groups excluding carboxylic acids is 1. The van der Waals surface area contributed by atoms with Gasteiger partial charge in [-0.1, -0.05) is 18.5 Å². The molecule has 0 saturated carbocycles. The summed E-state index contributed by atoms with van der Waals surface area (Å²) in [5.74, 6) is 0.320. The van der Waals surface area contributed by atoms with Crippen LogP contribution in [-0.2, 0) is 0 Å². The highest BCUT2D eigenvalue weighted by atomic mass is 35.5. The number of carbonyl (C=O) groups is 1. The van der Waals surface area contributed by atoms with Gasteiger partial charge in [-0.15, -0.1) is 0 Å². The third-order valence-electron chi connectivity index (χ3n) is 2.55. The number of amides is 1. The minimum absolute atomic E-state index is 0.223. The van der Waals surface area contributed by atoms with Crippen LogP contribution >= 0.6 is 11.6 Å². The maximum absolute atomic E-state index is 11.8. The summed E-state index contributed by atoms with van der Waals surface area (Å²) in [6.45, 7) is 2.33. The van der Waals surface area contributed by atoms with Crippen LogP contribution in [0.2, 0.25) is 5.15 Å². The van der Waals surface area contributed by atoms with E-state index < -0.39 is 0 Å². The lowest BCUT2D eigenvalue weighted by Gasteiger charge is -2.09. The zero-order chi connectivity index (χ0) is 13.5.